The smallest absolute Gasteiger partial charge is 0.244 e. The van der Waals surface area contributed by atoms with Gasteiger partial charge in [0.2, 0.25) is 5.91 Å². The van der Waals surface area contributed by atoms with Crippen molar-refractivity contribution >= 4 is 5.91 Å². The Bertz CT molecular complexity index is 214. The molecule has 0 aliphatic carbocycles. The Labute approximate surface area is 86.8 Å². The fourth-order valence-electron chi connectivity index (χ4n) is 0.985. The van der Waals surface area contributed by atoms with E-state index in [0.29, 0.717) is 5.57 Å². The Morgan fingerprint density at radius 1 is 1.43 bits per heavy atom. The molecule has 0 aromatic carbocycles. The van der Waals surface area contributed by atoms with Crippen LogP contribution < -0.4 is 11.1 Å². The molecule has 0 spiro atoms. The van der Waals surface area contributed by atoms with Crippen molar-refractivity contribution in [3.05, 3.63) is 11.6 Å². The van der Waals surface area contributed by atoms with E-state index in [4.69, 9.17) is 5.73 Å². The number of nitrogens with two attached hydrogens (primary N) is 1. The first-order valence-electron chi connectivity index (χ1n) is 5.04. The highest BCUT2D eigenvalue weighted by Gasteiger charge is 2.06. The average Bonchev–Trinajstić information content (AvgIpc) is 2.01. The first-order chi connectivity index (χ1) is 6.33. The normalized spacial score (nSPS) is 13.0. The summed E-state index contributed by atoms with van der Waals surface area (Å²) in [5, 5.41) is 3.38. The summed E-state index contributed by atoms with van der Waals surface area (Å²) in [7, 11) is 0. The van der Waals surface area contributed by atoms with Gasteiger partial charge in [0.25, 0.3) is 0 Å². The molecule has 0 rings (SSSR count). The largest absolute Gasteiger partial charge is 0.366 e. The lowest BCUT2D eigenvalue weighted by atomic mass is 10.1. The highest BCUT2D eigenvalue weighted by atomic mass is 16.1. The number of allylic oxidation sites excluding steroid dienone is 1. The minimum atomic E-state index is -0.325. The molecule has 3 heteroatoms. The Balaban J connectivity index is 3.57. The third kappa shape index (κ3) is 7.80. The van der Waals surface area contributed by atoms with Crippen LogP contribution in [-0.2, 0) is 4.79 Å². The van der Waals surface area contributed by atoms with Crippen LogP contribution in [0.3, 0.4) is 0 Å². The Kier molecular flexibility index (Phi) is 5.46. The summed E-state index contributed by atoms with van der Waals surface area (Å²) in [4.78, 5) is 10.7. The van der Waals surface area contributed by atoms with Crippen molar-refractivity contribution in [2.45, 2.75) is 46.1 Å². The van der Waals surface area contributed by atoms with Gasteiger partial charge in [0.15, 0.2) is 0 Å². The number of carbonyl (C=O) groups is 1. The summed E-state index contributed by atoms with van der Waals surface area (Å²) in [5.74, 6) is -0.325. The first-order valence-corrected chi connectivity index (χ1v) is 5.04. The van der Waals surface area contributed by atoms with Crippen LogP contribution in [0.25, 0.3) is 0 Å². The number of unbranched alkanes of at least 4 members (excludes halogenated alkanes) is 1. The number of primary amides is 1. The van der Waals surface area contributed by atoms with E-state index < -0.39 is 0 Å². The predicted molar refractivity (Wildman–Crippen MR) is 59.9 cm³/mol. The van der Waals surface area contributed by atoms with E-state index in [-0.39, 0.29) is 11.4 Å². The highest BCUT2D eigenvalue weighted by Crippen LogP contribution is 2.01. The molecule has 0 aliphatic rings. The van der Waals surface area contributed by atoms with Gasteiger partial charge in [0, 0.05) is 11.1 Å². The van der Waals surface area contributed by atoms with Crippen LogP contribution in [0.15, 0.2) is 11.6 Å². The van der Waals surface area contributed by atoms with Crippen molar-refractivity contribution in [1.82, 2.24) is 5.32 Å². The van der Waals surface area contributed by atoms with Crippen molar-refractivity contribution in [3.63, 3.8) is 0 Å². The van der Waals surface area contributed by atoms with Crippen LogP contribution >= 0.6 is 0 Å². The highest BCUT2D eigenvalue weighted by molar-refractivity contribution is 5.91. The van der Waals surface area contributed by atoms with Crippen molar-refractivity contribution in [1.29, 1.82) is 0 Å². The van der Waals surface area contributed by atoms with E-state index >= 15 is 0 Å². The maximum absolute atomic E-state index is 10.7. The second-order valence-electron chi connectivity index (χ2n) is 4.57. The number of nitrogens with one attached hydrogen (secondary N) is 1. The van der Waals surface area contributed by atoms with Crippen LogP contribution in [0.1, 0.15) is 40.5 Å². The monoisotopic (exact) mass is 198 g/mol. The zero-order valence-corrected chi connectivity index (χ0v) is 9.68. The van der Waals surface area contributed by atoms with Gasteiger partial charge >= 0.3 is 0 Å². The summed E-state index contributed by atoms with van der Waals surface area (Å²) >= 11 is 0. The molecule has 0 heterocycles. The predicted octanol–water partition coefficient (Wildman–Crippen LogP) is 1.59. The molecule has 0 aliphatic heterocycles. The lowest BCUT2D eigenvalue weighted by Crippen LogP contribution is -2.36. The minimum absolute atomic E-state index is 0.169. The van der Waals surface area contributed by atoms with E-state index in [0.717, 1.165) is 19.4 Å². The molecule has 0 saturated heterocycles. The van der Waals surface area contributed by atoms with Crippen LogP contribution in [0.2, 0.25) is 0 Å². The Hall–Kier alpha value is -0.830. The molecule has 82 valence electrons. The van der Waals surface area contributed by atoms with Crippen molar-refractivity contribution < 1.29 is 4.79 Å². The van der Waals surface area contributed by atoms with Crippen LogP contribution in [0.5, 0.6) is 0 Å². The molecule has 14 heavy (non-hydrogen) atoms. The molecule has 0 unspecified atom stereocenters. The summed E-state index contributed by atoms with van der Waals surface area (Å²) in [5.41, 5.74) is 5.92. The summed E-state index contributed by atoms with van der Waals surface area (Å²) < 4.78 is 0. The molecule has 0 bridgehead atoms. The van der Waals surface area contributed by atoms with Crippen molar-refractivity contribution in [2.24, 2.45) is 5.73 Å². The minimum Gasteiger partial charge on any atom is -0.366 e. The zero-order chi connectivity index (χ0) is 11.2. The standard InChI is InChI=1S/C11H22N2O/c1-9(10(12)14)7-5-6-8-13-11(2,3)4/h7,13H,5-6,8H2,1-4H3,(H2,12,14). The van der Waals surface area contributed by atoms with Crippen LogP contribution in [-0.4, -0.2) is 18.0 Å². The van der Waals surface area contributed by atoms with Gasteiger partial charge in [-0.2, -0.15) is 0 Å². The number of carbonyl (C=O) groups excluding carboxylic acids is 1. The first kappa shape index (κ1) is 13.2. The topological polar surface area (TPSA) is 55.1 Å². The van der Waals surface area contributed by atoms with E-state index in [1.165, 1.54) is 0 Å². The van der Waals surface area contributed by atoms with E-state index in [1.807, 2.05) is 6.08 Å². The molecule has 3 nitrogen and oxygen atoms in total. The third-order valence-corrected chi connectivity index (χ3v) is 1.88. The summed E-state index contributed by atoms with van der Waals surface area (Å²) in [6, 6.07) is 0. The molecule has 0 aromatic rings. The number of hydrogen-bond acceptors (Lipinski definition) is 2. The van der Waals surface area contributed by atoms with E-state index in [2.05, 4.69) is 26.1 Å². The molecule has 0 aromatic heterocycles. The summed E-state index contributed by atoms with van der Waals surface area (Å²) in [6.45, 7) is 9.12. The van der Waals surface area contributed by atoms with Gasteiger partial charge in [-0.25, -0.2) is 0 Å². The van der Waals surface area contributed by atoms with Gasteiger partial charge in [-0.1, -0.05) is 6.08 Å². The van der Waals surface area contributed by atoms with Gasteiger partial charge in [0.1, 0.15) is 0 Å². The lowest BCUT2D eigenvalue weighted by Gasteiger charge is -2.20. The molecule has 0 saturated carbocycles. The van der Waals surface area contributed by atoms with Crippen molar-refractivity contribution in [2.75, 3.05) is 6.54 Å². The fourth-order valence-corrected chi connectivity index (χ4v) is 0.985. The maximum atomic E-state index is 10.7. The van der Waals surface area contributed by atoms with Crippen molar-refractivity contribution in [3.8, 4) is 0 Å². The molecule has 0 fully saturated rings. The third-order valence-electron chi connectivity index (χ3n) is 1.88. The lowest BCUT2D eigenvalue weighted by molar-refractivity contribution is -0.114. The second kappa shape index (κ2) is 5.81. The van der Waals surface area contributed by atoms with Gasteiger partial charge < -0.3 is 11.1 Å². The SMILES string of the molecule is CC(=CCCCNC(C)(C)C)C(N)=O. The van der Waals surface area contributed by atoms with Gasteiger partial charge in [-0.05, 0) is 47.1 Å². The summed E-state index contributed by atoms with van der Waals surface area (Å²) in [6.07, 6.45) is 3.83. The fraction of sp³-hybridized carbons (Fsp3) is 0.727. The van der Waals surface area contributed by atoms with Gasteiger partial charge in [-0.3, -0.25) is 4.79 Å². The van der Waals surface area contributed by atoms with Gasteiger partial charge in [-0.15, -0.1) is 0 Å². The van der Waals surface area contributed by atoms with Crippen LogP contribution in [0, 0.1) is 0 Å². The van der Waals surface area contributed by atoms with E-state index in [9.17, 15) is 4.79 Å². The maximum Gasteiger partial charge on any atom is 0.244 e. The Morgan fingerprint density at radius 3 is 2.43 bits per heavy atom. The molecular formula is C11H22N2O. The number of hydrogen-bond donors (Lipinski definition) is 2. The quantitative estimate of drug-likeness (QED) is 0.520. The molecule has 1 amide bonds. The molecule has 3 N–H and O–H groups in total. The molecule has 0 radical (unpaired) electrons. The average molecular weight is 198 g/mol. The van der Waals surface area contributed by atoms with Gasteiger partial charge in [0.05, 0.1) is 0 Å². The Morgan fingerprint density at radius 2 is 2.00 bits per heavy atom. The number of amides is 1. The number of rotatable bonds is 5. The van der Waals surface area contributed by atoms with Crippen LogP contribution in [0.4, 0.5) is 0 Å². The van der Waals surface area contributed by atoms with E-state index in [1.54, 1.807) is 6.92 Å². The zero-order valence-electron chi connectivity index (χ0n) is 9.68. The molecular weight excluding hydrogens is 176 g/mol. The second-order valence-corrected chi connectivity index (χ2v) is 4.57. The molecule has 0 atom stereocenters.